The SMILES string of the molecule is O=C(N[C@@H](c1ccccc1)c1cccc(OCc2cc(C(=O)O)co2)c1)O[C@H]1CN2CCC1CC2. The van der Waals surface area contributed by atoms with Crippen molar-refractivity contribution in [2.75, 3.05) is 19.6 Å². The summed E-state index contributed by atoms with van der Waals surface area (Å²) >= 11 is 0. The minimum Gasteiger partial charge on any atom is -0.486 e. The van der Waals surface area contributed by atoms with Crippen LogP contribution in [-0.2, 0) is 11.3 Å². The van der Waals surface area contributed by atoms with Crippen LogP contribution in [0.2, 0.25) is 0 Å². The van der Waals surface area contributed by atoms with E-state index < -0.39 is 18.1 Å². The second-order valence-electron chi connectivity index (χ2n) is 9.04. The van der Waals surface area contributed by atoms with Crippen molar-refractivity contribution in [2.24, 2.45) is 5.92 Å². The Morgan fingerprint density at radius 3 is 2.51 bits per heavy atom. The molecule has 0 unspecified atom stereocenters. The van der Waals surface area contributed by atoms with Crippen molar-refractivity contribution < 1.29 is 28.6 Å². The van der Waals surface area contributed by atoms with E-state index >= 15 is 0 Å². The van der Waals surface area contributed by atoms with Crippen molar-refractivity contribution in [3.05, 3.63) is 89.4 Å². The number of benzene rings is 2. The van der Waals surface area contributed by atoms with Gasteiger partial charge in [-0.25, -0.2) is 9.59 Å². The van der Waals surface area contributed by atoms with Crippen LogP contribution >= 0.6 is 0 Å². The average Bonchev–Trinajstić information content (AvgIpc) is 3.37. The summed E-state index contributed by atoms with van der Waals surface area (Å²) < 4.78 is 17.0. The number of carbonyl (C=O) groups is 2. The Kier molecular flexibility index (Phi) is 6.72. The van der Waals surface area contributed by atoms with Crippen LogP contribution in [0.4, 0.5) is 4.79 Å². The Labute approximate surface area is 203 Å². The quantitative estimate of drug-likeness (QED) is 0.495. The lowest BCUT2D eigenvalue weighted by Gasteiger charge is -2.43. The van der Waals surface area contributed by atoms with Crippen molar-refractivity contribution >= 4 is 12.1 Å². The van der Waals surface area contributed by atoms with E-state index in [-0.39, 0.29) is 18.3 Å². The van der Waals surface area contributed by atoms with Gasteiger partial charge < -0.3 is 24.3 Å². The first-order chi connectivity index (χ1) is 17.0. The lowest BCUT2D eigenvalue weighted by Crippen LogP contribution is -2.52. The predicted molar refractivity (Wildman–Crippen MR) is 127 cm³/mol. The molecule has 8 nitrogen and oxygen atoms in total. The lowest BCUT2D eigenvalue weighted by molar-refractivity contribution is -0.0336. The number of furan rings is 1. The summed E-state index contributed by atoms with van der Waals surface area (Å²) in [7, 11) is 0. The Morgan fingerprint density at radius 1 is 1.06 bits per heavy atom. The predicted octanol–water partition coefficient (Wildman–Crippen LogP) is 4.47. The van der Waals surface area contributed by atoms with Crippen LogP contribution in [0.25, 0.3) is 0 Å². The van der Waals surface area contributed by atoms with E-state index in [1.165, 1.54) is 12.3 Å². The maximum atomic E-state index is 13.0. The Balaban J connectivity index is 1.29. The van der Waals surface area contributed by atoms with Crippen molar-refractivity contribution in [3.8, 4) is 5.75 Å². The molecule has 3 saturated heterocycles. The molecule has 35 heavy (non-hydrogen) atoms. The Morgan fingerprint density at radius 2 is 1.83 bits per heavy atom. The third-order valence-electron chi connectivity index (χ3n) is 6.72. The standard InChI is InChI=1S/C27H28N2O6/c30-26(31)21-14-23(33-16-21)17-34-22-8-4-7-20(13-22)25(19-5-2-1-3-6-19)28-27(32)35-24-15-29-11-9-18(24)10-12-29/h1-8,13-14,16,18,24-25H,9-12,15,17H2,(H,28,32)(H,30,31)/t24-,25-/m0/s1. The van der Waals surface area contributed by atoms with E-state index in [1.807, 2.05) is 48.5 Å². The molecule has 2 atom stereocenters. The summed E-state index contributed by atoms with van der Waals surface area (Å²) in [5, 5.41) is 12.1. The zero-order valence-corrected chi connectivity index (χ0v) is 19.3. The summed E-state index contributed by atoms with van der Waals surface area (Å²) in [5.41, 5.74) is 1.84. The summed E-state index contributed by atoms with van der Waals surface area (Å²) in [6.45, 7) is 3.05. The largest absolute Gasteiger partial charge is 0.486 e. The summed E-state index contributed by atoms with van der Waals surface area (Å²) in [4.78, 5) is 26.4. The number of carboxylic acids is 1. The monoisotopic (exact) mass is 476 g/mol. The molecule has 2 aromatic carbocycles. The van der Waals surface area contributed by atoms with Crippen LogP contribution < -0.4 is 10.1 Å². The highest BCUT2D eigenvalue weighted by atomic mass is 16.6. The number of alkyl carbamates (subject to hydrolysis) is 1. The average molecular weight is 477 g/mol. The number of nitrogens with one attached hydrogen (secondary N) is 1. The van der Waals surface area contributed by atoms with Gasteiger partial charge in [0.05, 0.1) is 11.6 Å². The van der Waals surface area contributed by atoms with Gasteiger partial charge in [-0.1, -0.05) is 42.5 Å². The Bertz CT molecular complexity index is 1170. The summed E-state index contributed by atoms with van der Waals surface area (Å²) in [6.07, 6.45) is 2.83. The van der Waals surface area contributed by atoms with Gasteiger partial charge in [0.25, 0.3) is 0 Å². The van der Waals surface area contributed by atoms with Gasteiger partial charge in [-0.05, 0) is 61.2 Å². The number of hydrogen-bond donors (Lipinski definition) is 2. The first-order valence-corrected chi connectivity index (χ1v) is 11.8. The Hall–Kier alpha value is -3.78. The topological polar surface area (TPSA) is 101 Å². The second-order valence-corrected chi connectivity index (χ2v) is 9.04. The molecule has 8 heteroatoms. The minimum atomic E-state index is -1.05. The third-order valence-corrected chi connectivity index (χ3v) is 6.72. The summed E-state index contributed by atoms with van der Waals surface area (Å²) in [5.74, 6) is 0.362. The number of piperidine rings is 3. The number of carboxylic acid groups (broad SMARTS) is 1. The van der Waals surface area contributed by atoms with Crippen molar-refractivity contribution in [1.29, 1.82) is 0 Å². The van der Waals surface area contributed by atoms with Crippen LogP contribution in [0.1, 0.15) is 46.1 Å². The molecule has 182 valence electrons. The molecule has 1 amide bonds. The number of aromatic carboxylic acids is 1. The highest BCUT2D eigenvalue weighted by Crippen LogP contribution is 2.30. The minimum absolute atomic E-state index is 0.0761. The van der Waals surface area contributed by atoms with Crippen LogP contribution in [0.3, 0.4) is 0 Å². The van der Waals surface area contributed by atoms with Gasteiger partial charge in [-0.15, -0.1) is 0 Å². The molecule has 2 N–H and O–H groups in total. The molecular formula is C27H28N2O6. The van der Waals surface area contributed by atoms with Crippen molar-refractivity contribution in [2.45, 2.75) is 31.6 Å². The third kappa shape index (κ3) is 5.49. The van der Waals surface area contributed by atoms with E-state index in [2.05, 4.69) is 10.2 Å². The maximum Gasteiger partial charge on any atom is 0.408 e. The smallest absolute Gasteiger partial charge is 0.408 e. The fraction of sp³-hybridized carbons (Fsp3) is 0.333. The molecule has 1 aromatic heterocycles. The molecule has 3 fully saturated rings. The number of ether oxygens (including phenoxy) is 2. The first-order valence-electron chi connectivity index (χ1n) is 11.8. The van der Waals surface area contributed by atoms with Gasteiger partial charge in [0, 0.05) is 6.54 Å². The number of hydrogen-bond acceptors (Lipinski definition) is 6. The number of amides is 1. The second kappa shape index (κ2) is 10.2. The maximum absolute atomic E-state index is 13.0. The normalized spacial score (nSPS) is 21.8. The van der Waals surface area contributed by atoms with E-state index in [9.17, 15) is 9.59 Å². The first kappa shape index (κ1) is 23.0. The number of nitrogens with zero attached hydrogens (tertiary/aromatic N) is 1. The molecule has 0 radical (unpaired) electrons. The number of carbonyl (C=O) groups excluding carboxylic acids is 1. The van der Waals surface area contributed by atoms with E-state index in [1.54, 1.807) is 6.07 Å². The van der Waals surface area contributed by atoms with E-state index in [4.69, 9.17) is 19.0 Å². The molecule has 3 aliphatic rings. The van der Waals surface area contributed by atoms with Crippen molar-refractivity contribution in [3.63, 3.8) is 0 Å². The van der Waals surface area contributed by atoms with Crippen LogP contribution in [-0.4, -0.2) is 47.8 Å². The fourth-order valence-electron chi connectivity index (χ4n) is 4.85. The highest BCUT2D eigenvalue weighted by molar-refractivity contribution is 5.87. The molecule has 0 spiro atoms. The molecule has 3 aliphatic heterocycles. The number of fused-ring (bicyclic) bond motifs is 3. The molecule has 0 aliphatic carbocycles. The highest BCUT2D eigenvalue weighted by Gasteiger charge is 2.36. The van der Waals surface area contributed by atoms with E-state index in [0.29, 0.717) is 17.4 Å². The van der Waals surface area contributed by atoms with Crippen LogP contribution in [0.5, 0.6) is 5.75 Å². The van der Waals surface area contributed by atoms with Gasteiger partial charge in [0.2, 0.25) is 0 Å². The molecule has 2 bridgehead atoms. The molecule has 4 heterocycles. The lowest BCUT2D eigenvalue weighted by atomic mass is 9.86. The molecule has 3 aromatic rings. The van der Waals surface area contributed by atoms with Gasteiger partial charge >= 0.3 is 12.1 Å². The molecule has 0 saturated carbocycles. The molecule has 6 rings (SSSR count). The van der Waals surface area contributed by atoms with Crippen molar-refractivity contribution in [1.82, 2.24) is 10.2 Å². The van der Waals surface area contributed by atoms with E-state index in [0.717, 1.165) is 43.6 Å². The van der Waals surface area contributed by atoms with Gasteiger partial charge in [-0.2, -0.15) is 0 Å². The van der Waals surface area contributed by atoms with Gasteiger partial charge in [-0.3, -0.25) is 4.90 Å². The van der Waals surface area contributed by atoms with Gasteiger partial charge in [0.15, 0.2) is 0 Å². The molecular weight excluding hydrogens is 448 g/mol. The van der Waals surface area contributed by atoms with Crippen LogP contribution in [0.15, 0.2) is 71.3 Å². The summed E-state index contributed by atoms with van der Waals surface area (Å²) in [6, 6.07) is 18.2. The van der Waals surface area contributed by atoms with Gasteiger partial charge in [0.1, 0.15) is 30.5 Å². The number of rotatable bonds is 8. The fourth-order valence-corrected chi connectivity index (χ4v) is 4.85. The zero-order valence-electron chi connectivity index (χ0n) is 19.3. The van der Waals surface area contributed by atoms with Crippen LogP contribution in [0, 0.1) is 5.92 Å². The zero-order chi connectivity index (χ0) is 24.2.